The number of esters is 1. The highest BCUT2D eigenvalue weighted by molar-refractivity contribution is 5.74. The van der Waals surface area contributed by atoms with Crippen molar-refractivity contribution in [3.63, 3.8) is 0 Å². The molecule has 5 heteroatoms. The summed E-state index contributed by atoms with van der Waals surface area (Å²) in [6.07, 6.45) is 0.341. The van der Waals surface area contributed by atoms with Crippen molar-refractivity contribution < 1.29 is 23.7 Å². The molecule has 1 atom stereocenters. The molecule has 0 amide bonds. The molecule has 0 radical (unpaired) electrons. The first-order valence-electron chi connectivity index (χ1n) is 9.04. The summed E-state index contributed by atoms with van der Waals surface area (Å²) in [5, 5.41) is 0. The quantitative estimate of drug-likeness (QED) is 0.658. The number of cyclic esters (lactones) is 1. The SMILES string of the molecule is COc1ccc(OCC2(COCc3ccccc3)OC(=O)CC2(C)C)cc1. The van der Waals surface area contributed by atoms with Gasteiger partial charge in [-0.1, -0.05) is 44.2 Å². The Balaban J connectivity index is 1.69. The van der Waals surface area contributed by atoms with Crippen LogP contribution in [0.15, 0.2) is 54.6 Å². The van der Waals surface area contributed by atoms with Crippen LogP contribution in [0.1, 0.15) is 25.8 Å². The van der Waals surface area contributed by atoms with Crippen molar-refractivity contribution >= 4 is 5.97 Å². The highest BCUT2D eigenvalue weighted by Gasteiger charge is 2.56. The normalized spacial score (nSPS) is 20.9. The summed E-state index contributed by atoms with van der Waals surface area (Å²) in [6, 6.07) is 17.3. The van der Waals surface area contributed by atoms with Gasteiger partial charge in [0.15, 0.2) is 5.60 Å². The van der Waals surface area contributed by atoms with Crippen molar-refractivity contribution in [3.8, 4) is 11.5 Å². The predicted octanol–water partition coefficient (Wildman–Crippen LogP) is 4.00. The monoisotopic (exact) mass is 370 g/mol. The fourth-order valence-electron chi connectivity index (χ4n) is 3.19. The number of benzene rings is 2. The van der Waals surface area contributed by atoms with Crippen LogP contribution in [-0.2, 0) is 20.9 Å². The van der Waals surface area contributed by atoms with E-state index in [4.69, 9.17) is 18.9 Å². The van der Waals surface area contributed by atoms with E-state index in [1.807, 2.05) is 68.4 Å². The Kier molecular flexibility index (Phi) is 5.71. The molecule has 0 aliphatic carbocycles. The summed E-state index contributed by atoms with van der Waals surface area (Å²) in [6.45, 7) is 4.99. The minimum atomic E-state index is -0.835. The average Bonchev–Trinajstić information content (AvgIpc) is 2.89. The number of rotatable bonds is 8. The van der Waals surface area contributed by atoms with E-state index >= 15 is 0 Å². The Morgan fingerprint density at radius 1 is 0.963 bits per heavy atom. The van der Waals surface area contributed by atoms with E-state index in [9.17, 15) is 4.79 Å². The Labute approximate surface area is 160 Å². The standard InChI is InChI=1S/C22H26O5/c1-21(2)13-20(23)27-22(21,15-25-14-17-7-5-4-6-8-17)16-26-19-11-9-18(24-3)10-12-19/h4-12H,13-16H2,1-3H3. The van der Waals surface area contributed by atoms with Gasteiger partial charge in [-0.15, -0.1) is 0 Å². The third-order valence-corrected chi connectivity index (χ3v) is 5.11. The Bertz CT molecular complexity index is 754. The van der Waals surface area contributed by atoms with Crippen molar-refractivity contribution in [1.82, 2.24) is 0 Å². The van der Waals surface area contributed by atoms with Gasteiger partial charge in [0.2, 0.25) is 0 Å². The van der Waals surface area contributed by atoms with Crippen molar-refractivity contribution in [3.05, 3.63) is 60.2 Å². The van der Waals surface area contributed by atoms with Crippen LogP contribution < -0.4 is 9.47 Å². The van der Waals surface area contributed by atoms with Crippen molar-refractivity contribution in [2.45, 2.75) is 32.5 Å². The molecule has 2 aromatic carbocycles. The Hall–Kier alpha value is -2.53. The lowest BCUT2D eigenvalue weighted by Crippen LogP contribution is -2.50. The molecule has 1 heterocycles. The third-order valence-electron chi connectivity index (χ3n) is 5.11. The average molecular weight is 370 g/mol. The van der Waals surface area contributed by atoms with E-state index in [2.05, 4.69) is 0 Å². The maximum Gasteiger partial charge on any atom is 0.307 e. The van der Waals surface area contributed by atoms with E-state index < -0.39 is 11.0 Å². The minimum absolute atomic E-state index is 0.221. The van der Waals surface area contributed by atoms with Crippen molar-refractivity contribution in [1.29, 1.82) is 0 Å². The number of methoxy groups -OCH3 is 1. The summed E-state index contributed by atoms with van der Waals surface area (Å²) < 4.78 is 22.8. The molecule has 0 bridgehead atoms. The molecule has 144 valence electrons. The van der Waals surface area contributed by atoms with Gasteiger partial charge >= 0.3 is 5.97 Å². The van der Waals surface area contributed by atoms with E-state index in [1.54, 1.807) is 7.11 Å². The molecule has 0 aromatic heterocycles. The van der Waals surface area contributed by atoms with Crippen molar-refractivity contribution in [2.75, 3.05) is 20.3 Å². The molecule has 1 unspecified atom stereocenters. The molecule has 1 aliphatic heterocycles. The number of ether oxygens (including phenoxy) is 4. The maximum absolute atomic E-state index is 12.1. The smallest absolute Gasteiger partial charge is 0.307 e. The van der Waals surface area contributed by atoms with Crippen LogP contribution >= 0.6 is 0 Å². The first kappa shape index (κ1) is 19.2. The lowest BCUT2D eigenvalue weighted by atomic mass is 9.75. The van der Waals surface area contributed by atoms with Gasteiger partial charge < -0.3 is 18.9 Å². The lowest BCUT2D eigenvalue weighted by molar-refractivity contribution is -0.166. The first-order chi connectivity index (χ1) is 12.9. The molecule has 0 spiro atoms. The van der Waals surface area contributed by atoms with Crippen LogP contribution in [0.5, 0.6) is 11.5 Å². The largest absolute Gasteiger partial charge is 0.497 e. The first-order valence-corrected chi connectivity index (χ1v) is 9.04. The fraction of sp³-hybridized carbons (Fsp3) is 0.409. The topological polar surface area (TPSA) is 54.0 Å². The Morgan fingerprint density at radius 3 is 2.22 bits per heavy atom. The zero-order chi connectivity index (χ0) is 19.3. The molecular formula is C22H26O5. The highest BCUT2D eigenvalue weighted by atomic mass is 16.6. The van der Waals surface area contributed by atoms with E-state index in [0.29, 0.717) is 18.8 Å². The fourth-order valence-corrected chi connectivity index (χ4v) is 3.19. The molecule has 1 aliphatic rings. The van der Waals surface area contributed by atoms with Gasteiger partial charge in [-0.2, -0.15) is 0 Å². The highest BCUT2D eigenvalue weighted by Crippen LogP contribution is 2.44. The molecule has 3 rings (SSSR count). The molecular weight excluding hydrogens is 344 g/mol. The maximum atomic E-state index is 12.1. The van der Waals surface area contributed by atoms with Gasteiger partial charge in [-0.05, 0) is 29.8 Å². The third kappa shape index (κ3) is 4.42. The molecule has 1 saturated heterocycles. The summed E-state index contributed by atoms with van der Waals surface area (Å²) in [5.74, 6) is 1.23. The predicted molar refractivity (Wildman–Crippen MR) is 102 cm³/mol. The van der Waals surface area contributed by atoms with Gasteiger partial charge in [-0.3, -0.25) is 4.79 Å². The van der Waals surface area contributed by atoms with Crippen LogP contribution in [-0.4, -0.2) is 31.9 Å². The lowest BCUT2D eigenvalue weighted by Gasteiger charge is -2.38. The van der Waals surface area contributed by atoms with Gasteiger partial charge in [0.1, 0.15) is 18.1 Å². The molecule has 0 saturated carbocycles. The Morgan fingerprint density at radius 2 is 1.63 bits per heavy atom. The van der Waals surface area contributed by atoms with E-state index in [-0.39, 0.29) is 19.2 Å². The number of hydrogen-bond acceptors (Lipinski definition) is 5. The summed E-state index contributed by atoms with van der Waals surface area (Å²) >= 11 is 0. The second-order valence-corrected chi connectivity index (χ2v) is 7.47. The zero-order valence-corrected chi connectivity index (χ0v) is 16.1. The van der Waals surface area contributed by atoms with Crippen LogP contribution in [0.25, 0.3) is 0 Å². The molecule has 5 nitrogen and oxygen atoms in total. The minimum Gasteiger partial charge on any atom is -0.497 e. The second-order valence-electron chi connectivity index (χ2n) is 7.47. The van der Waals surface area contributed by atoms with E-state index in [1.165, 1.54) is 0 Å². The van der Waals surface area contributed by atoms with Gasteiger partial charge in [0.25, 0.3) is 0 Å². The van der Waals surface area contributed by atoms with Crippen LogP contribution in [0, 0.1) is 5.41 Å². The van der Waals surface area contributed by atoms with Crippen LogP contribution in [0.3, 0.4) is 0 Å². The van der Waals surface area contributed by atoms with Gasteiger partial charge in [0.05, 0.1) is 26.7 Å². The number of carbonyl (C=O) groups excluding carboxylic acids is 1. The van der Waals surface area contributed by atoms with Gasteiger partial charge in [-0.25, -0.2) is 0 Å². The molecule has 27 heavy (non-hydrogen) atoms. The van der Waals surface area contributed by atoms with Crippen LogP contribution in [0.2, 0.25) is 0 Å². The molecule has 1 fully saturated rings. The number of carbonyl (C=O) groups is 1. The molecule has 2 aromatic rings. The zero-order valence-electron chi connectivity index (χ0n) is 16.1. The van der Waals surface area contributed by atoms with Gasteiger partial charge in [0, 0.05) is 5.41 Å². The summed E-state index contributed by atoms with van der Waals surface area (Å²) in [4.78, 5) is 12.1. The van der Waals surface area contributed by atoms with Crippen LogP contribution in [0.4, 0.5) is 0 Å². The molecule has 0 N–H and O–H groups in total. The summed E-state index contributed by atoms with van der Waals surface area (Å²) in [7, 11) is 1.62. The summed E-state index contributed by atoms with van der Waals surface area (Å²) in [5.41, 5.74) is -0.155. The van der Waals surface area contributed by atoms with Crippen molar-refractivity contribution in [2.24, 2.45) is 5.41 Å². The number of hydrogen-bond donors (Lipinski definition) is 0. The second kappa shape index (κ2) is 8.01. The van der Waals surface area contributed by atoms with E-state index in [0.717, 1.165) is 11.3 Å².